The number of hydrogen-bond donors (Lipinski definition) is 0. The Hall–Kier alpha value is -4.36. The molecule has 0 fully saturated rings. The first kappa shape index (κ1) is 20.3. The molecule has 0 N–H and O–H groups in total. The minimum atomic E-state index is -0.172. The van der Waals surface area contributed by atoms with Gasteiger partial charge in [0.25, 0.3) is 0 Å². The van der Waals surface area contributed by atoms with Gasteiger partial charge in [-0.1, -0.05) is 66.7 Å². The van der Waals surface area contributed by atoms with Crippen LogP contribution in [0.3, 0.4) is 0 Å². The Balaban J connectivity index is 1.46. The number of hydrogen-bond acceptors (Lipinski definition) is 6. The predicted molar refractivity (Wildman–Crippen MR) is 137 cm³/mol. The average Bonchev–Trinajstić information content (AvgIpc) is 3.51. The van der Waals surface area contributed by atoms with Gasteiger partial charge in [-0.2, -0.15) is 10.5 Å². The first-order chi connectivity index (χ1) is 16.7. The van der Waals surface area contributed by atoms with Crippen molar-refractivity contribution in [2.75, 3.05) is 0 Å². The Kier molecular flexibility index (Phi) is 4.71. The number of nitrogens with zero attached hydrogens (tertiary/aromatic N) is 3. The molecule has 1 aliphatic carbocycles. The van der Waals surface area contributed by atoms with Gasteiger partial charge in [-0.15, -0.1) is 22.7 Å². The van der Waals surface area contributed by atoms with Gasteiger partial charge in [-0.05, 0) is 28.5 Å². The molecule has 0 saturated heterocycles. The standard InChI is InChI=1S/C28H13N3OS2/c29-14-17(15-30)25-20-9-3-4-10-21(20)26(32)23(25)12-18-13-24-28(33-18)31-27(34-24)22-11-5-7-16-6-1-2-8-19(16)22/h1-13H/b23-12-. The van der Waals surface area contributed by atoms with E-state index in [0.717, 1.165) is 25.0 Å². The van der Waals surface area contributed by atoms with Gasteiger partial charge in [-0.25, -0.2) is 4.98 Å². The highest BCUT2D eigenvalue weighted by atomic mass is 32.1. The van der Waals surface area contributed by atoms with Crippen LogP contribution < -0.4 is 0 Å². The van der Waals surface area contributed by atoms with Crippen molar-refractivity contribution in [2.24, 2.45) is 0 Å². The number of carbonyl (C=O) groups excluding carboxylic acids is 1. The summed E-state index contributed by atoms with van der Waals surface area (Å²) in [5.41, 5.74) is 2.98. The van der Waals surface area contributed by atoms with E-state index in [-0.39, 0.29) is 11.4 Å². The molecule has 3 aromatic carbocycles. The molecule has 34 heavy (non-hydrogen) atoms. The fourth-order valence-electron chi connectivity index (χ4n) is 4.34. The van der Waals surface area contributed by atoms with E-state index in [1.165, 1.54) is 22.1 Å². The quantitative estimate of drug-likeness (QED) is 0.200. The highest BCUT2D eigenvalue weighted by Gasteiger charge is 2.32. The molecule has 2 heterocycles. The lowest BCUT2D eigenvalue weighted by Gasteiger charge is -2.03. The van der Waals surface area contributed by atoms with Gasteiger partial charge >= 0.3 is 0 Å². The van der Waals surface area contributed by atoms with Gasteiger partial charge in [0.05, 0.1) is 4.70 Å². The molecule has 0 amide bonds. The van der Waals surface area contributed by atoms with E-state index in [2.05, 4.69) is 24.3 Å². The lowest BCUT2D eigenvalue weighted by molar-refractivity contribution is 0.104. The summed E-state index contributed by atoms with van der Waals surface area (Å²) in [6, 6.07) is 27.5. The smallest absolute Gasteiger partial charge is 0.194 e. The highest BCUT2D eigenvalue weighted by Crippen LogP contribution is 2.42. The molecule has 0 radical (unpaired) electrons. The second-order valence-electron chi connectivity index (χ2n) is 7.77. The molecular formula is C28H13N3OS2. The third-order valence-corrected chi connectivity index (χ3v) is 7.98. The summed E-state index contributed by atoms with van der Waals surface area (Å²) in [4.78, 5) is 19.8. The molecule has 5 aromatic rings. The number of thiophene rings is 1. The number of benzene rings is 3. The molecule has 0 atom stereocenters. The van der Waals surface area contributed by atoms with Gasteiger partial charge < -0.3 is 0 Å². The summed E-state index contributed by atoms with van der Waals surface area (Å²) in [7, 11) is 0. The van der Waals surface area contributed by atoms with Crippen LogP contribution in [0.2, 0.25) is 0 Å². The lowest BCUT2D eigenvalue weighted by Crippen LogP contribution is -1.95. The normalized spacial score (nSPS) is 13.9. The van der Waals surface area contributed by atoms with E-state index in [9.17, 15) is 15.3 Å². The number of Topliss-reactive ketones (excluding diaryl/α,β-unsaturated/α-hetero) is 1. The van der Waals surface area contributed by atoms with E-state index < -0.39 is 0 Å². The Labute approximate surface area is 203 Å². The second-order valence-corrected chi connectivity index (χ2v) is 9.86. The summed E-state index contributed by atoms with van der Waals surface area (Å²) in [5, 5.41) is 22.3. The van der Waals surface area contributed by atoms with Gasteiger partial charge in [0.1, 0.15) is 27.5 Å². The maximum atomic E-state index is 13.1. The van der Waals surface area contributed by atoms with Crippen molar-refractivity contribution in [3.05, 3.63) is 99.9 Å². The molecule has 0 saturated carbocycles. The number of allylic oxidation sites excluding steroid dienone is 3. The fourth-order valence-corrected chi connectivity index (χ4v) is 6.55. The fraction of sp³-hybridized carbons (Fsp3) is 0. The first-order valence-corrected chi connectivity index (χ1v) is 12.1. The Bertz CT molecular complexity index is 1750. The van der Waals surface area contributed by atoms with Crippen molar-refractivity contribution in [1.82, 2.24) is 4.98 Å². The number of aromatic nitrogens is 1. The summed E-state index contributed by atoms with van der Waals surface area (Å²) >= 11 is 3.11. The highest BCUT2D eigenvalue weighted by molar-refractivity contribution is 7.29. The van der Waals surface area contributed by atoms with E-state index in [1.807, 2.05) is 36.4 Å². The number of thiazole rings is 1. The largest absolute Gasteiger partial charge is 0.289 e. The number of ketones is 1. The maximum Gasteiger partial charge on any atom is 0.194 e. The average molecular weight is 472 g/mol. The lowest BCUT2D eigenvalue weighted by atomic mass is 9.99. The molecule has 1 aliphatic rings. The zero-order valence-corrected chi connectivity index (χ0v) is 19.2. The summed E-state index contributed by atoms with van der Waals surface area (Å²) in [5.74, 6) is -0.172. The van der Waals surface area contributed by atoms with Crippen molar-refractivity contribution in [2.45, 2.75) is 0 Å². The maximum absolute atomic E-state index is 13.1. The first-order valence-electron chi connectivity index (χ1n) is 10.5. The van der Waals surface area contributed by atoms with Crippen molar-refractivity contribution < 1.29 is 4.79 Å². The summed E-state index contributed by atoms with van der Waals surface area (Å²) < 4.78 is 1.04. The predicted octanol–water partition coefficient (Wildman–Crippen LogP) is 7.26. The Morgan fingerprint density at radius 2 is 1.56 bits per heavy atom. The van der Waals surface area contributed by atoms with Crippen LogP contribution in [0.25, 0.3) is 42.5 Å². The number of rotatable bonds is 2. The number of nitriles is 2. The molecule has 2 aromatic heterocycles. The van der Waals surface area contributed by atoms with E-state index in [4.69, 9.17) is 4.98 Å². The molecular weight excluding hydrogens is 458 g/mol. The third kappa shape index (κ3) is 3.09. The molecule has 0 aliphatic heterocycles. The van der Waals surface area contributed by atoms with Gasteiger partial charge in [0, 0.05) is 27.2 Å². The molecule has 4 nitrogen and oxygen atoms in total. The zero-order valence-electron chi connectivity index (χ0n) is 17.6. The van der Waals surface area contributed by atoms with Gasteiger partial charge in [0.15, 0.2) is 5.78 Å². The van der Waals surface area contributed by atoms with Crippen LogP contribution >= 0.6 is 22.7 Å². The topological polar surface area (TPSA) is 77.5 Å². The van der Waals surface area contributed by atoms with E-state index >= 15 is 0 Å². The monoisotopic (exact) mass is 471 g/mol. The van der Waals surface area contributed by atoms with Gasteiger partial charge in [0.2, 0.25) is 0 Å². The van der Waals surface area contributed by atoms with Gasteiger partial charge in [-0.3, -0.25) is 4.79 Å². The van der Waals surface area contributed by atoms with Crippen LogP contribution in [0, 0.1) is 22.7 Å². The molecule has 0 unspecified atom stereocenters. The van der Waals surface area contributed by atoms with Crippen molar-refractivity contribution in [3.63, 3.8) is 0 Å². The van der Waals surface area contributed by atoms with Crippen molar-refractivity contribution >= 4 is 60.4 Å². The van der Waals surface area contributed by atoms with Crippen LogP contribution in [0.4, 0.5) is 0 Å². The molecule has 0 bridgehead atoms. The van der Waals surface area contributed by atoms with Crippen molar-refractivity contribution in [3.8, 4) is 22.7 Å². The van der Waals surface area contributed by atoms with Crippen LogP contribution in [-0.2, 0) is 0 Å². The van der Waals surface area contributed by atoms with Crippen LogP contribution in [0.1, 0.15) is 20.8 Å². The number of carbonyl (C=O) groups is 1. The Morgan fingerprint density at radius 3 is 2.35 bits per heavy atom. The molecule has 6 heteroatoms. The Morgan fingerprint density at radius 1 is 0.853 bits per heavy atom. The van der Waals surface area contributed by atoms with Crippen LogP contribution in [0.15, 0.2) is 83.9 Å². The summed E-state index contributed by atoms with van der Waals surface area (Å²) in [6.07, 6.45) is 1.78. The third-order valence-electron chi connectivity index (χ3n) is 5.84. The number of fused-ring (bicyclic) bond motifs is 3. The SMILES string of the molecule is N#CC(C#N)=C1/C(=C/c2cc3sc(-c4cccc5ccccc45)nc3s2)C(=O)c2ccccc21. The molecule has 0 spiro atoms. The minimum absolute atomic E-state index is 0.0562. The van der Waals surface area contributed by atoms with Crippen LogP contribution in [0.5, 0.6) is 0 Å². The molecule has 158 valence electrons. The minimum Gasteiger partial charge on any atom is -0.289 e. The van der Waals surface area contributed by atoms with Crippen LogP contribution in [-0.4, -0.2) is 10.8 Å². The van der Waals surface area contributed by atoms with E-state index in [1.54, 1.807) is 41.7 Å². The van der Waals surface area contributed by atoms with E-state index in [0.29, 0.717) is 22.3 Å². The van der Waals surface area contributed by atoms with Crippen molar-refractivity contribution in [1.29, 1.82) is 10.5 Å². The second kappa shape index (κ2) is 7.90. The summed E-state index contributed by atoms with van der Waals surface area (Å²) in [6.45, 7) is 0. The molecule has 6 rings (SSSR count). The zero-order chi connectivity index (χ0) is 23.2.